The number of alkyl halides is 2. The highest BCUT2D eigenvalue weighted by atomic mass is 32.2. The fraction of sp³-hybridized carbons (Fsp3) is 0.316. The van der Waals surface area contributed by atoms with Crippen LogP contribution in [0.2, 0.25) is 0 Å². The minimum atomic E-state index is -3.87. The van der Waals surface area contributed by atoms with E-state index in [-0.39, 0.29) is 35.2 Å². The van der Waals surface area contributed by atoms with Gasteiger partial charge in [0.25, 0.3) is 5.69 Å². The zero-order valence-corrected chi connectivity index (χ0v) is 18.3. The Morgan fingerprint density at radius 3 is 2.44 bits per heavy atom. The van der Waals surface area contributed by atoms with Crippen molar-refractivity contribution < 1.29 is 31.6 Å². The molecule has 0 fully saturated rings. The van der Waals surface area contributed by atoms with Crippen molar-refractivity contribution >= 4 is 27.6 Å². The summed E-state index contributed by atoms with van der Waals surface area (Å²) in [6, 6.07) is 7.54. The number of benzene rings is 2. The predicted octanol–water partition coefficient (Wildman–Crippen LogP) is 3.68. The third-order valence-electron chi connectivity index (χ3n) is 4.31. The molecule has 2 aromatic rings. The average Bonchev–Trinajstić information content (AvgIpc) is 2.74. The smallest absolute Gasteiger partial charge is 0.387 e. The van der Waals surface area contributed by atoms with Crippen molar-refractivity contribution in [2.45, 2.75) is 25.4 Å². The number of nitro groups is 1. The molecular weight excluding hydrogens is 450 g/mol. The molecule has 0 radical (unpaired) electrons. The minimum Gasteiger partial charge on any atom is -0.493 e. The number of methoxy groups -OCH3 is 1. The molecule has 174 valence electrons. The van der Waals surface area contributed by atoms with Gasteiger partial charge in [0, 0.05) is 19.2 Å². The van der Waals surface area contributed by atoms with Crippen molar-refractivity contribution in [3.63, 3.8) is 0 Å². The van der Waals surface area contributed by atoms with Crippen LogP contribution in [-0.4, -0.2) is 50.7 Å². The maximum atomic E-state index is 12.6. The van der Waals surface area contributed by atoms with Gasteiger partial charge in [-0.05, 0) is 35.9 Å². The lowest BCUT2D eigenvalue weighted by atomic mass is 10.2. The van der Waals surface area contributed by atoms with E-state index in [0.717, 1.165) is 6.07 Å². The molecular formula is C19H22F2N4O6S. The SMILES string of the molecule is CCN(CC)S(=O)(=O)c1ccc(N/N=C\c2ccc(OC(F)F)c(OC)c2)c([N+](=O)[O-])c1. The fourth-order valence-corrected chi connectivity index (χ4v) is 4.24. The Bertz CT molecular complexity index is 1090. The third-order valence-corrected chi connectivity index (χ3v) is 6.36. The lowest BCUT2D eigenvalue weighted by Gasteiger charge is -2.18. The standard InChI is InChI=1S/C19H22F2N4O6S/c1-4-24(5-2)32(28,29)14-7-8-15(16(11-14)25(26)27)23-22-12-13-6-9-17(31-19(20)21)18(10-13)30-3/h6-12,19,23H,4-5H2,1-3H3/b22-12-. The van der Waals surface area contributed by atoms with E-state index in [9.17, 15) is 27.3 Å². The van der Waals surface area contributed by atoms with E-state index >= 15 is 0 Å². The van der Waals surface area contributed by atoms with Crippen LogP contribution in [0.25, 0.3) is 0 Å². The van der Waals surface area contributed by atoms with Gasteiger partial charge in [-0.3, -0.25) is 15.5 Å². The van der Waals surface area contributed by atoms with Crippen molar-refractivity contribution in [1.29, 1.82) is 0 Å². The molecule has 0 saturated carbocycles. The molecule has 0 amide bonds. The Hall–Kier alpha value is -3.32. The molecule has 2 aromatic carbocycles. The lowest BCUT2D eigenvalue weighted by Crippen LogP contribution is -2.30. The summed E-state index contributed by atoms with van der Waals surface area (Å²) in [6.07, 6.45) is 1.28. The van der Waals surface area contributed by atoms with Gasteiger partial charge in [-0.2, -0.15) is 18.2 Å². The predicted molar refractivity (Wildman–Crippen MR) is 114 cm³/mol. The summed E-state index contributed by atoms with van der Waals surface area (Å²) in [5.41, 5.74) is 2.41. The Labute approximate surface area is 183 Å². The summed E-state index contributed by atoms with van der Waals surface area (Å²) in [5.74, 6) is -0.112. The van der Waals surface area contributed by atoms with E-state index in [1.54, 1.807) is 13.8 Å². The zero-order chi connectivity index (χ0) is 23.9. The Balaban J connectivity index is 2.28. The van der Waals surface area contributed by atoms with Gasteiger partial charge < -0.3 is 9.47 Å². The van der Waals surface area contributed by atoms with Crippen LogP contribution < -0.4 is 14.9 Å². The molecule has 0 aromatic heterocycles. The lowest BCUT2D eigenvalue weighted by molar-refractivity contribution is -0.384. The molecule has 32 heavy (non-hydrogen) atoms. The summed E-state index contributed by atoms with van der Waals surface area (Å²) in [7, 11) is -2.59. The zero-order valence-electron chi connectivity index (χ0n) is 17.5. The van der Waals surface area contributed by atoms with E-state index in [1.165, 1.54) is 48.0 Å². The topological polar surface area (TPSA) is 123 Å². The molecule has 0 unspecified atom stereocenters. The van der Waals surface area contributed by atoms with Gasteiger partial charge in [0.05, 0.1) is 23.1 Å². The number of nitrogens with zero attached hydrogens (tertiary/aromatic N) is 3. The van der Waals surface area contributed by atoms with Crippen LogP contribution in [0.1, 0.15) is 19.4 Å². The fourth-order valence-electron chi connectivity index (χ4n) is 2.76. The number of ether oxygens (including phenoxy) is 2. The van der Waals surface area contributed by atoms with Crippen molar-refractivity contribution in [2.24, 2.45) is 5.10 Å². The molecule has 0 bridgehead atoms. The molecule has 1 N–H and O–H groups in total. The van der Waals surface area contributed by atoms with E-state index in [0.29, 0.717) is 5.56 Å². The van der Waals surface area contributed by atoms with E-state index in [1.807, 2.05) is 0 Å². The highest BCUT2D eigenvalue weighted by Crippen LogP contribution is 2.30. The first kappa shape index (κ1) is 24.9. The second kappa shape index (κ2) is 10.8. The second-order valence-electron chi connectivity index (χ2n) is 6.18. The minimum absolute atomic E-state index is 0.0330. The number of anilines is 1. The third kappa shape index (κ3) is 5.88. The van der Waals surface area contributed by atoms with Gasteiger partial charge in [-0.1, -0.05) is 13.8 Å². The van der Waals surface area contributed by atoms with Gasteiger partial charge in [-0.15, -0.1) is 0 Å². The number of halogens is 2. The second-order valence-corrected chi connectivity index (χ2v) is 8.12. The van der Waals surface area contributed by atoms with Crippen molar-refractivity contribution in [3.8, 4) is 11.5 Å². The summed E-state index contributed by atoms with van der Waals surface area (Å²) < 4.78 is 60.6. The summed E-state index contributed by atoms with van der Waals surface area (Å²) in [4.78, 5) is 10.5. The Morgan fingerprint density at radius 1 is 1.19 bits per heavy atom. The van der Waals surface area contributed by atoms with Crippen LogP contribution in [-0.2, 0) is 10.0 Å². The van der Waals surface area contributed by atoms with Gasteiger partial charge >= 0.3 is 6.61 Å². The van der Waals surface area contributed by atoms with Gasteiger partial charge in [0.15, 0.2) is 11.5 Å². The van der Waals surface area contributed by atoms with E-state index in [4.69, 9.17) is 4.74 Å². The Kier molecular flexibility index (Phi) is 8.43. The summed E-state index contributed by atoms with van der Waals surface area (Å²) in [6.45, 7) is 0.769. The van der Waals surface area contributed by atoms with Crippen LogP contribution in [0.3, 0.4) is 0 Å². The number of hydrogen-bond acceptors (Lipinski definition) is 8. The van der Waals surface area contributed by atoms with Crippen molar-refractivity contribution in [2.75, 3.05) is 25.6 Å². The molecule has 0 aliphatic heterocycles. The number of nitro benzene ring substituents is 1. The normalized spacial score (nSPS) is 11.8. The maximum Gasteiger partial charge on any atom is 0.387 e. The van der Waals surface area contributed by atoms with Crippen LogP contribution in [0.4, 0.5) is 20.2 Å². The maximum absolute atomic E-state index is 12.6. The molecule has 0 spiro atoms. The number of rotatable bonds is 11. The van der Waals surface area contributed by atoms with Crippen LogP contribution in [0.15, 0.2) is 46.4 Å². The summed E-state index contributed by atoms with van der Waals surface area (Å²) in [5, 5.41) is 15.4. The number of hydrazone groups is 1. The van der Waals surface area contributed by atoms with Gasteiger partial charge in [0.2, 0.25) is 10.0 Å². The van der Waals surface area contributed by atoms with E-state index < -0.39 is 27.2 Å². The molecule has 0 aliphatic carbocycles. The molecule has 0 heterocycles. The first-order chi connectivity index (χ1) is 15.1. The first-order valence-corrected chi connectivity index (χ1v) is 10.8. The number of sulfonamides is 1. The molecule has 0 saturated heterocycles. The highest BCUT2D eigenvalue weighted by Gasteiger charge is 2.25. The Morgan fingerprint density at radius 2 is 1.88 bits per heavy atom. The molecule has 10 nitrogen and oxygen atoms in total. The number of nitrogens with one attached hydrogen (secondary N) is 1. The largest absolute Gasteiger partial charge is 0.493 e. The monoisotopic (exact) mass is 472 g/mol. The average molecular weight is 472 g/mol. The molecule has 2 rings (SSSR count). The molecule has 0 atom stereocenters. The van der Waals surface area contributed by atoms with E-state index in [2.05, 4.69) is 15.3 Å². The first-order valence-electron chi connectivity index (χ1n) is 9.34. The highest BCUT2D eigenvalue weighted by molar-refractivity contribution is 7.89. The van der Waals surface area contributed by atoms with Gasteiger partial charge in [0.1, 0.15) is 5.69 Å². The van der Waals surface area contributed by atoms with Gasteiger partial charge in [-0.25, -0.2) is 8.42 Å². The van der Waals surface area contributed by atoms with Crippen LogP contribution in [0.5, 0.6) is 11.5 Å². The summed E-state index contributed by atoms with van der Waals surface area (Å²) >= 11 is 0. The van der Waals surface area contributed by atoms with Crippen LogP contribution >= 0.6 is 0 Å². The van der Waals surface area contributed by atoms with Crippen LogP contribution in [0, 0.1) is 10.1 Å². The molecule has 13 heteroatoms. The quantitative estimate of drug-likeness (QED) is 0.301. The number of hydrogen-bond donors (Lipinski definition) is 1. The van der Waals surface area contributed by atoms with Crippen molar-refractivity contribution in [3.05, 3.63) is 52.1 Å². The molecule has 0 aliphatic rings. The van der Waals surface area contributed by atoms with Crippen molar-refractivity contribution in [1.82, 2.24) is 4.31 Å².